The van der Waals surface area contributed by atoms with Gasteiger partial charge < -0.3 is 5.32 Å². The van der Waals surface area contributed by atoms with Crippen molar-refractivity contribution in [1.82, 2.24) is 5.32 Å². The summed E-state index contributed by atoms with van der Waals surface area (Å²) < 4.78 is 1.45. The van der Waals surface area contributed by atoms with Crippen molar-refractivity contribution >= 4 is 23.1 Å². The molecule has 1 aliphatic heterocycles. The molecule has 0 saturated carbocycles. The Morgan fingerprint density at radius 3 is 3.23 bits per heavy atom. The number of nitrogens with one attached hydrogen (secondary N) is 1. The van der Waals surface area contributed by atoms with Crippen molar-refractivity contribution in [3.63, 3.8) is 0 Å². The van der Waals surface area contributed by atoms with Gasteiger partial charge in [-0.25, -0.2) is 0 Å². The van der Waals surface area contributed by atoms with Crippen molar-refractivity contribution in [2.45, 2.75) is 29.5 Å². The van der Waals surface area contributed by atoms with Crippen molar-refractivity contribution in [1.29, 1.82) is 0 Å². The Kier molecular flexibility index (Phi) is 3.70. The fraction of sp³-hybridized carbons (Fsp3) is 0.600. The fourth-order valence-electron chi connectivity index (χ4n) is 1.59. The highest BCUT2D eigenvalue weighted by atomic mass is 32.2. The fourth-order valence-corrected chi connectivity index (χ4v) is 3.51. The van der Waals surface area contributed by atoms with Gasteiger partial charge in [0.1, 0.15) is 0 Å². The van der Waals surface area contributed by atoms with Crippen LogP contribution in [0.15, 0.2) is 21.7 Å². The number of thioether (sulfide) groups is 1. The summed E-state index contributed by atoms with van der Waals surface area (Å²) in [6.07, 6.45) is 4.13. The largest absolute Gasteiger partial charge is 0.313 e. The van der Waals surface area contributed by atoms with Crippen LogP contribution < -0.4 is 5.32 Å². The van der Waals surface area contributed by atoms with E-state index >= 15 is 0 Å². The van der Waals surface area contributed by atoms with Crippen molar-refractivity contribution in [3.05, 3.63) is 17.5 Å². The van der Waals surface area contributed by atoms with Crippen LogP contribution in [0.25, 0.3) is 0 Å². The maximum Gasteiger partial charge on any atom is 0.0599 e. The lowest BCUT2D eigenvalue weighted by Gasteiger charge is -2.22. The van der Waals surface area contributed by atoms with Gasteiger partial charge in [0.25, 0.3) is 0 Å². The van der Waals surface area contributed by atoms with Crippen LogP contribution in [0.4, 0.5) is 0 Å². The number of hydrogen-bond donors (Lipinski definition) is 1. The van der Waals surface area contributed by atoms with Crippen LogP contribution in [0, 0.1) is 0 Å². The van der Waals surface area contributed by atoms with E-state index in [2.05, 4.69) is 22.8 Å². The molecule has 1 nitrogen and oxygen atoms in total. The van der Waals surface area contributed by atoms with E-state index in [-0.39, 0.29) is 0 Å². The smallest absolute Gasteiger partial charge is 0.0599 e. The van der Waals surface area contributed by atoms with Crippen LogP contribution in [0.5, 0.6) is 0 Å². The predicted octanol–water partition coefficient (Wildman–Crippen LogP) is 2.98. The van der Waals surface area contributed by atoms with Gasteiger partial charge in [0.2, 0.25) is 0 Å². The average molecular weight is 213 g/mol. The summed E-state index contributed by atoms with van der Waals surface area (Å²) in [5.74, 6) is 1.24. The first-order valence-electron chi connectivity index (χ1n) is 4.85. The molecule has 1 fully saturated rings. The van der Waals surface area contributed by atoms with Crippen LogP contribution in [0.1, 0.15) is 19.3 Å². The van der Waals surface area contributed by atoms with Crippen molar-refractivity contribution in [2.24, 2.45) is 0 Å². The molecule has 1 saturated heterocycles. The molecule has 0 radical (unpaired) electrons. The normalized spacial score (nSPS) is 23.2. The van der Waals surface area contributed by atoms with Crippen LogP contribution in [0.2, 0.25) is 0 Å². The summed E-state index contributed by atoms with van der Waals surface area (Å²) >= 11 is 3.84. The number of hydrogen-bond acceptors (Lipinski definition) is 3. The Bertz CT molecular complexity index is 227. The van der Waals surface area contributed by atoms with Gasteiger partial charge in [0.15, 0.2) is 0 Å². The molecule has 0 amide bonds. The molecular weight excluding hydrogens is 198 g/mol. The first kappa shape index (κ1) is 9.56. The molecule has 1 aliphatic rings. The highest BCUT2D eigenvalue weighted by Gasteiger charge is 2.12. The van der Waals surface area contributed by atoms with Crippen LogP contribution in [-0.2, 0) is 0 Å². The number of piperidine rings is 1. The third-order valence-electron chi connectivity index (χ3n) is 2.33. The quantitative estimate of drug-likeness (QED) is 0.775. The van der Waals surface area contributed by atoms with E-state index < -0.39 is 0 Å². The average Bonchev–Trinajstić information content (AvgIpc) is 2.69. The molecule has 1 atom stereocenters. The highest BCUT2D eigenvalue weighted by molar-refractivity contribution is 8.01. The lowest BCUT2D eigenvalue weighted by molar-refractivity contribution is 0.430. The Morgan fingerprint density at radius 2 is 2.54 bits per heavy atom. The van der Waals surface area contributed by atoms with Gasteiger partial charge in [-0.2, -0.15) is 0 Å². The molecule has 2 heterocycles. The molecule has 1 aromatic rings. The van der Waals surface area contributed by atoms with Gasteiger partial charge in [0.05, 0.1) is 4.21 Å². The summed E-state index contributed by atoms with van der Waals surface area (Å²) in [6.45, 7) is 1.22. The second-order valence-corrected chi connectivity index (χ2v) is 5.66. The monoisotopic (exact) mass is 213 g/mol. The first-order chi connectivity index (χ1) is 6.45. The van der Waals surface area contributed by atoms with Crippen LogP contribution in [0.3, 0.4) is 0 Å². The van der Waals surface area contributed by atoms with E-state index in [1.807, 2.05) is 23.1 Å². The molecular formula is C10H15NS2. The molecule has 0 spiro atoms. The van der Waals surface area contributed by atoms with Gasteiger partial charge in [-0.05, 0) is 30.8 Å². The molecule has 3 heteroatoms. The zero-order valence-corrected chi connectivity index (χ0v) is 9.29. The lowest BCUT2D eigenvalue weighted by atomic mass is 10.1. The minimum atomic E-state index is 0.751. The van der Waals surface area contributed by atoms with Crippen LogP contribution >= 0.6 is 23.1 Å². The third kappa shape index (κ3) is 3.01. The highest BCUT2D eigenvalue weighted by Crippen LogP contribution is 2.25. The summed E-state index contributed by atoms with van der Waals surface area (Å²) in [6, 6.07) is 5.08. The van der Waals surface area contributed by atoms with Gasteiger partial charge in [-0.1, -0.05) is 12.5 Å². The molecule has 72 valence electrons. The standard InChI is InChI=1S/C10H15NS2/c1-2-6-11-9(4-1)8-13-10-5-3-7-12-10/h3,5,7,9,11H,1-2,4,6,8H2. The lowest BCUT2D eigenvalue weighted by Crippen LogP contribution is -2.35. The van der Waals surface area contributed by atoms with Gasteiger partial charge in [-0.3, -0.25) is 0 Å². The summed E-state index contributed by atoms with van der Waals surface area (Å²) in [5, 5.41) is 5.71. The van der Waals surface area contributed by atoms with Crippen molar-refractivity contribution < 1.29 is 0 Å². The molecule has 13 heavy (non-hydrogen) atoms. The summed E-state index contributed by atoms with van der Waals surface area (Å²) in [7, 11) is 0. The van der Waals surface area contributed by atoms with Gasteiger partial charge in [-0.15, -0.1) is 23.1 Å². The minimum absolute atomic E-state index is 0.751. The number of thiophene rings is 1. The summed E-state index contributed by atoms with van der Waals surface area (Å²) in [4.78, 5) is 0. The zero-order valence-electron chi connectivity index (χ0n) is 7.66. The van der Waals surface area contributed by atoms with Crippen LogP contribution in [-0.4, -0.2) is 18.3 Å². The maximum absolute atomic E-state index is 3.57. The van der Waals surface area contributed by atoms with Gasteiger partial charge >= 0.3 is 0 Å². The minimum Gasteiger partial charge on any atom is -0.313 e. The van der Waals surface area contributed by atoms with Crippen molar-refractivity contribution in [3.8, 4) is 0 Å². The Morgan fingerprint density at radius 1 is 1.54 bits per heavy atom. The van der Waals surface area contributed by atoms with E-state index in [1.54, 1.807) is 0 Å². The Balaban J connectivity index is 1.72. The maximum atomic E-state index is 3.57. The van der Waals surface area contributed by atoms with E-state index in [9.17, 15) is 0 Å². The van der Waals surface area contributed by atoms with E-state index in [1.165, 1.54) is 35.8 Å². The SMILES string of the molecule is c1csc(SCC2CCCCN2)c1. The first-order valence-corrected chi connectivity index (χ1v) is 6.71. The molecule has 1 N–H and O–H groups in total. The molecule has 0 aliphatic carbocycles. The molecule has 2 rings (SSSR count). The topological polar surface area (TPSA) is 12.0 Å². The van der Waals surface area contributed by atoms with E-state index in [0.29, 0.717) is 0 Å². The summed E-state index contributed by atoms with van der Waals surface area (Å²) in [5.41, 5.74) is 0. The second-order valence-electron chi connectivity index (χ2n) is 3.39. The second kappa shape index (κ2) is 5.03. The van der Waals surface area contributed by atoms with E-state index in [4.69, 9.17) is 0 Å². The Labute approximate surface area is 87.9 Å². The molecule has 1 aromatic heterocycles. The molecule has 1 unspecified atom stereocenters. The van der Waals surface area contributed by atoms with E-state index in [0.717, 1.165) is 6.04 Å². The molecule has 0 bridgehead atoms. The zero-order chi connectivity index (χ0) is 8.93. The number of rotatable bonds is 3. The predicted molar refractivity (Wildman–Crippen MR) is 60.7 cm³/mol. The third-order valence-corrected chi connectivity index (χ3v) is 4.63. The van der Waals surface area contributed by atoms with Gasteiger partial charge in [0, 0.05) is 11.8 Å². The van der Waals surface area contributed by atoms with Crippen molar-refractivity contribution in [2.75, 3.05) is 12.3 Å². The molecule has 0 aromatic carbocycles. The Hall–Kier alpha value is 0.01000.